The van der Waals surface area contributed by atoms with E-state index in [-0.39, 0.29) is 5.38 Å². The number of benzene rings is 1. The average Bonchev–Trinajstić information content (AvgIpc) is 2.97. The van der Waals surface area contributed by atoms with Crippen molar-refractivity contribution in [3.8, 4) is 5.75 Å². The zero-order valence-corrected chi connectivity index (χ0v) is 18.2. The molecule has 0 amide bonds. The van der Waals surface area contributed by atoms with Crippen molar-refractivity contribution in [2.75, 3.05) is 13.2 Å². The molecule has 0 saturated heterocycles. The van der Waals surface area contributed by atoms with E-state index in [1.807, 2.05) is 24.3 Å². The Labute approximate surface area is 180 Å². The fourth-order valence-electron chi connectivity index (χ4n) is 3.30. The molecule has 4 rings (SSSR count). The molecule has 6 N–H and O–H groups in total. The number of hydrogen-bond donors (Lipinski definition) is 3. The lowest BCUT2D eigenvalue weighted by atomic mass is 10.0. The Bertz CT molecular complexity index is 973. The van der Waals surface area contributed by atoms with Crippen molar-refractivity contribution in [1.82, 2.24) is 4.90 Å². The van der Waals surface area contributed by atoms with Crippen LogP contribution >= 0.6 is 30.8 Å². The first-order valence-corrected chi connectivity index (χ1v) is 12.1. The highest BCUT2D eigenvalue weighted by Crippen LogP contribution is 2.45. The van der Waals surface area contributed by atoms with Gasteiger partial charge in [-0.3, -0.25) is 0 Å². The van der Waals surface area contributed by atoms with Crippen LogP contribution in [-0.2, 0) is 6.54 Å². The smallest absolute Gasteiger partial charge is 0.163 e. The Morgan fingerprint density at radius 2 is 2.21 bits per heavy atom. The molecule has 7 nitrogen and oxygen atoms in total. The van der Waals surface area contributed by atoms with E-state index in [1.54, 1.807) is 17.6 Å². The number of allylic oxidation sites excluding steroid dienone is 3. The van der Waals surface area contributed by atoms with Gasteiger partial charge in [-0.25, -0.2) is 9.98 Å². The third kappa shape index (κ3) is 4.71. The minimum Gasteiger partial charge on any atom is -0.491 e. The number of halogens is 1. The highest BCUT2D eigenvalue weighted by molar-refractivity contribution is 8.59. The summed E-state index contributed by atoms with van der Waals surface area (Å²) in [6.45, 7) is 1.90. The summed E-state index contributed by atoms with van der Waals surface area (Å²) in [6.07, 6.45) is 6.09. The van der Waals surface area contributed by atoms with E-state index in [0.29, 0.717) is 44.9 Å². The van der Waals surface area contributed by atoms with Gasteiger partial charge in [0.05, 0.1) is 17.4 Å². The van der Waals surface area contributed by atoms with Crippen LogP contribution < -0.4 is 21.9 Å². The van der Waals surface area contributed by atoms with Gasteiger partial charge in [0.2, 0.25) is 0 Å². The summed E-state index contributed by atoms with van der Waals surface area (Å²) in [7, 11) is 0.493. The third-order valence-electron chi connectivity index (χ3n) is 4.65. The van der Waals surface area contributed by atoms with Crippen LogP contribution in [-0.4, -0.2) is 34.4 Å². The summed E-state index contributed by atoms with van der Waals surface area (Å²) in [4.78, 5) is 11.0. The number of amidine groups is 2. The summed E-state index contributed by atoms with van der Waals surface area (Å²) in [5.41, 5.74) is 21.5. The molecule has 0 fully saturated rings. The predicted octanol–water partition coefficient (Wildman–Crippen LogP) is 2.89. The number of hydrogen-bond acceptors (Lipinski definition) is 8. The number of alkyl halides is 1. The van der Waals surface area contributed by atoms with Gasteiger partial charge in [0.1, 0.15) is 24.0 Å². The molecule has 3 aliphatic heterocycles. The van der Waals surface area contributed by atoms with Gasteiger partial charge in [-0.2, -0.15) is 0 Å². The molecule has 0 radical (unpaired) electrons. The van der Waals surface area contributed by atoms with Gasteiger partial charge in [-0.1, -0.05) is 17.4 Å². The third-order valence-corrected chi connectivity index (χ3v) is 7.36. The Morgan fingerprint density at radius 3 is 2.93 bits per heavy atom. The molecule has 0 aliphatic carbocycles. The highest BCUT2D eigenvalue weighted by atomic mass is 35.5. The monoisotopic (exact) mass is 448 g/mol. The molecular weight excluding hydrogens is 427 g/mol. The first-order valence-electron chi connectivity index (χ1n) is 9.12. The molecule has 29 heavy (non-hydrogen) atoms. The van der Waals surface area contributed by atoms with Crippen molar-refractivity contribution in [2.24, 2.45) is 27.2 Å². The van der Waals surface area contributed by atoms with Gasteiger partial charge < -0.3 is 26.8 Å². The van der Waals surface area contributed by atoms with E-state index >= 15 is 0 Å². The van der Waals surface area contributed by atoms with Gasteiger partial charge in [0.15, 0.2) is 5.17 Å². The maximum Gasteiger partial charge on any atom is 0.163 e. The highest BCUT2D eigenvalue weighted by Gasteiger charge is 2.22. The van der Waals surface area contributed by atoms with E-state index in [4.69, 9.17) is 33.5 Å². The SMILES string of the molecule is N/C=C(\C=C1\N=C(N)SP1)c1ccc2c(c1)CN(C1=CC(Cl)CC(N)=N1)CCO2. The van der Waals surface area contributed by atoms with Crippen molar-refractivity contribution >= 4 is 47.3 Å². The molecule has 0 aromatic heterocycles. The zero-order valence-electron chi connectivity index (χ0n) is 15.6. The van der Waals surface area contributed by atoms with Crippen LogP contribution in [0.4, 0.5) is 0 Å². The fraction of sp³-hybridized carbons (Fsp3) is 0.263. The molecule has 0 saturated carbocycles. The van der Waals surface area contributed by atoms with Gasteiger partial charge in [0.25, 0.3) is 0 Å². The number of nitrogens with two attached hydrogens (primary N) is 3. The summed E-state index contributed by atoms with van der Waals surface area (Å²) in [6, 6.07) is 6.08. The largest absolute Gasteiger partial charge is 0.491 e. The lowest BCUT2D eigenvalue weighted by Gasteiger charge is -2.26. The second kappa shape index (κ2) is 8.69. The summed E-state index contributed by atoms with van der Waals surface area (Å²) >= 11 is 7.85. The molecule has 3 aliphatic rings. The van der Waals surface area contributed by atoms with Crippen molar-refractivity contribution in [3.63, 3.8) is 0 Å². The first-order chi connectivity index (χ1) is 14.0. The van der Waals surface area contributed by atoms with Gasteiger partial charge >= 0.3 is 0 Å². The molecule has 10 heteroatoms. The van der Waals surface area contributed by atoms with Crippen LogP contribution in [0.2, 0.25) is 0 Å². The molecule has 1 aromatic rings. The van der Waals surface area contributed by atoms with Crippen LogP contribution in [0.15, 0.2) is 57.8 Å². The zero-order chi connectivity index (χ0) is 20.4. The number of ether oxygens (including phenoxy) is 1. The van der Waals surface area contributed by atoms with Gasteiger partial charge in [-0.05, 0) is 43.2 Å². The lowest BCUT2D eigenvalue weighted by molar-refractivity contribution is 0.261. The van der Waals surface area contributed by atoms with Crippen molar-refractivity contribution < 1.29 is 4.74 Å². The summed E-state index contributed by atoms with van der Waals surface area (Å²) < 4.78 is 5.95. The Morgan fingerprint density at radius 1 is 1.34 bits per heavy atom. The Balaban J connectivity index is 1.62. The Kier molecular flexibility index (Phi) is 6.04. The number of nitrogens with zero attached hydrogens (tertiary/aromatic N) is 3. The topological polar surface area (TPSA) is 115 Å². The summed E-state index contributed by atoms with van der Waals surface area (Å²) in [5.74, 6) is 2.20. The molecule has 1 aromatic carbocycles. The van der Waals surface area contributed by atoms with E-state index in [1.165, 1.54) is 0 Å². The minimum atomic E-state index is -0.144. The molecule has 152 valence electrons. The van der Waals surface area contributed by atoms with Crippen LogP contribution in [0, 0.1) is 0 Å². The van der Waals surface area contributed by atoms with Crippen molar-refractivity contribution in [2.45, 2.75) is 18.3 Å². The fourth-order valence-corrected chi connectivity index (χ4v) is 5.47. The normalized spacial score (nSPS) is 24.5. The van der Waals surface area contributed by atoms with Gasteiger partial charge in [-0.15, -0.1) is 11.6 Å². The lowest BCUT2D eigenvalue weighted by Crippen LogP contribution is -2.30. The average molecular weight is 449 g/mol. The standard InChI is InChI=1S/C19H22ClN6OPS/c20-14-7-16(22)24-17(8-14)26-3-4-27-15-2-1-11(5-13(15)10-26)12(9-21)6-18-25-19(23)29-28-18/h1-2,5-6,8-9,14,28H,3-4,7,10,21H2,(H2,22,24)(H2,23,25)/b12-9+,18-6-. The first kappa shape index (κ1) is 20.1. The van der Waals surface area contributed by atoms with Crippen molar-refractivity contribution in [1.29, 1.82) is 0 Å². The molecule has 0 bridgehead atoms. The van der Waals surface area contributed by atoms with Crippen molar-refractivity contribution in [3.05, 3.63) is 58.9 Å². The second-order valence-corrected chi connectivity index (χ2v) is 9.87. The number of fused-ring (bicyclic) bond motifs is 1. The van der Waals surface area contributed by atoms with Crippen LogP contribution in [0.3, 0.4) is 0 Å². The number of rotatable bonds is 3. The molecule has 0 spiro atoms. The van der Waals surface area contributed by atoms with Crippen LogP contribution in [0.5, 0.6) is 5.75 Å². The predicted molar refractivity (Wildman–Crippen MR) is 124 cm³/mol. The minimum absolute atomic E-state index is 0.144. The van der Waals surface area contributed by atoms with E-state index in [0.717, 1.165) is 33.7 Å². The van der Waals surface area contributed by atoms with E-state index < -0.39 is 0 Å². The van der Waals surface area contributed by atoms with Gasteiger partial charge in [0, 0.05) is 24.7 Å². The molecular formula is C19H22ClN6OPS. The maximum atomic E-state index is 6.30. The number of aliphatic imine (C=N–C) groups is 2. The van der Waals surface area contributed by atoms with E-state index in [2.05, 4.69) is 21.0 Å². The Hall–Kier alpha value is -2.15. The second-order valence-electron chi connectivity index (χ2n) is 6.75. The van der Waals surface area contributed by atoms with E-state index in [9.17, 15) is 0 Å². The summed E-state index contributed by atoms with van der Waals surface area (Å²) in [5, 5.41) is 0.448. The molecule has 2 atom stereocenters. The van der Waals surface area contributed by atoms with Crippen LogP contribution in [0.25, 0.3) is 5.57 Å². The maximum absolute atomic E-state index is 6.30. The quantitative estimate of drug-likeness (QED) is 0.483. The van der Waals surface area contributed by atoms with Crippen LogP contribution in [0.1, 0.15) is 17.5 Å². The molecule has 3 heterocycles. The molecule has 2 unspecified atom stereocenters.